The molecule has 102 valence electrons. The Morgan fingerprint density at radius 3 is 2.58 bits per heavy atom. The summed E-state index contributed by atoms with van der Waals surface area (Å²) in [6.07, 6.45) is 2.04. The van der Waals surface area contributed by atoms with Gasteiger partial charge in [0.25, 0.3) is 0 Å². The number of nitrogens with one attached hydrogen (secondary N) is 1. The van der Waals surface area contributed by atoms with Crippen molar-refractivity contribution in [2.24, 2.45) is 0 Å². The second-order valence-corrected chi connectivity index (χ2v) is 4.27. The van der Waals surface area contributed by atoms with Crippen LogP contribution in [0.5, 0.6) is 0 Å². The molecule has 0 saturated heterocycles. The van der Waals surface area contributed by atoms with Crippen LogP contribution in [-0.4, -0.2) is 36.3 Å². The lowest BCUT2D eigenvalue weighted by atomic mass is 10.1. The molecule has 1 N–H and O–H groups in total. The van der Waals surface area contributed by atoms with E-state index in [9.17, 15) is 9.59 Å². The molecule has 1 aromatic carbocycles. The number of benzene rings is 1. The second kappa shape index (κ2) is 8.08. The lowest BCUT2D eigenvalue weighted by Crippen LogP contribution is -2.38. The van der Waals surface area contributed by atoms with E-state index in [2.05, 4.69) is 11.9 Å². The van der Waals surface area contributed by atoms with Gasteiger partial charge in [0.05, 0.1) is 6.42 Å². The van der Waals surface area contributed by atoms with Gasteiger partial charge >= 0.3 is 0 Å². The predicted molar refractivity (Wildman–Crippen MR) is 75.6 cm³/mol. The van der Waals surface area contributed by atoms with Crippen LogP contribution in [0.15, 0.2) is 43.0 Å². The fraction of sp³-hybridized carbons (Fsp3) is 0.333. The lowest BCUT2D eigenvalue weighted by molar-refractivity contribution is -0.129. The van der Waals surface area contributed by atoms with E-state index < -0.39 is 0 Å². The maximum absolute atomic E-state index is 11.7. The van der Waals surface area contributed by atoms with Gasteiger partial charge in [-0.05, 0) is 5.56 Å². The van der Waals surface area contributed by atoms with Crippen LogP contribution >= 0.6 is 0 Å². The van der Waals surface area contributed by atoms with Gasteiger partial charge in [0.15, 0.2) is 0 Å². The molecule has 4 heteroatoms. The Morgan fingerprint density at radius 2 is 2.00 bits per heavy atom. The number of carbonyl (C=O) groups is 2. The van der Waals surface area contributed by atoms with Crippen LogP contribution in [0.2, 0.25) is 0 Å². The van der Waals surface area contributed by atoms with Gasteiger partial charge in [-0.1, -0.05) is 36.4 Å². The van der Waals surface area contributed by atoms with E-state index in [0.29, 0.717) is 26.1 Å². The highest BCUT2D eigenvalue weighted by atomic mass is 16.2. The zero-order chi connectivity index (χ0) is 14.1. The normalized spacial score (nSPS) is 9.74. The molecule has 0 saturated carbocycles. The summed E-state index contributed by atoms with van der Waals surface area (Å²) >= 11 is 0. The average molecular weight is 260 g/mol. The molecule has 0 aliphatic carbocycles. The van der Waals surface area contributed by atoms with Crippen LogP contribution in [0, 0.1) is 0 Å². The molecule has 4 nitrogen and oxygen atoms in total. The summed E-state index contributed by atoms with van der Waals surface area (Å²) in [6.45, 7) is 6.57. The van der Waals surface area contributed by atoms with Crippen LogP contribution in [0.3, 0.4) is 0 Å². The van der Waals surface area contributed by atoms with E-state index in [1.165, 1.54) is 6.92 Å². The largest absolute Gasteiger partial charge is 0.354 e. The molecule has 0 atom stereocenters. The van der Waals surface area contributed by atoms with Crippen LogP contribution < -0.4 is 5.32 Å². The van der Waals surface area contributed by atoms with Gasteiger partial charge in [0.2, 0.25) is 11.8 Å². The minimum atomic E-state index is -0.0340. The Bertz CT molecular complexity index is 429. The highest BCUT2D eigenvalue weighted by Gasteiger charge is 2.07. The van der Waals surface area contributed by atoms with Crippen molar-refractivity contribution in [1.29, 1.82) is 0 Å². The fourth-order valence-electron chi connectivity index (χ4n) is 1.71. The van der Waals surface area contributed by atoms with Crippen LogP contribution in [0.1, 0.15) is 12.5 Å². The number of hydrogen-bond acceptors (Lipinski definition) is 2. The third kappa shape index (κ3) is 5.86. The van der Waals surface area contributed by atoms with Crippen LogP contribution in [0.4, 0.5) is 0 Å². The summed E-state index contributed by atoms with van der Waals surface area (Å²) in [6, 6.07) is 9.56. The molecular formula is C15H20N2O2. The van der Waals surface area contributed by atoms with Gasteiger partial charge in [0.1, 0.15) is 0 Å². The maximum atomic E-state index is 11.7. The molecule has 0 aromatic heterocycles. The zero-order valence-electron chi connectivity index (χ0n) is 11.3. The van der Waals surface area contributed by atoms with E-state index >= 15 is 0 Å². The number of carbonyl (C=O) groups excluding carboxylic acids is 2. The summed E-state index contributed by atoms with van der Waals surface area (Å²) in [4.78, 5) is 24.6. The highest BCUT2D eigenvalue weighted by molar-refractivity contribution is 5.78. The first-order chi connectivity index (χ1) is 9.13. The Morgan fingerprint density at radius 1 is 1.32 bits per heavy atom. The number of rotatable bonds is 7. The van der Waals surface area contributed by atoms with Crippen molar-refractivity contribution in [2.75, 3.05) is 19.6 Å². The molecule has 0 aliphatic rings. The minimum Gasteiger partial charge on any atom is -0.354 e. The predicted octanol–water partition coefficient (Wildman–Crippen LogP) is 1.38. The van der Waals surface area contributed by atoms with Crippen molar-refractivity contribution in [3.8, 4) is 0 Å². The standard InChI is InChI=1S/C15H20N2O2/c1-3-10-17(13(2)18)11-9-16-15(19)12-14-7-5-4-6-8-14/h3-8H,1,9-12H2,2H3,(H,16,19). The molecule has 0 heterocycles. The Kier molecular flexibility index (Phi) is 6.36. The summed E-state index contributed by atoms with van der Waals surface area (Å²) < 4.78 is 0. The highest BCUT2D eigenvalue weighted by Crippen LogP contribution is 1.99. The van der Waals surface area contributed by atoms with Gasteiger partial charge in [-0.25, -0.2) is 0 Å². The summed E-state index contributed by atoms with van der Waals surface area (Å²) in [5.41, 5.74) is 0.981. The topological polar surface area (TPSA) is 49.4 Å². The van der Waals surface area contributed by atoms with Crippen LogP contribution in [-0.2, 0) is 16.0 Å². The SMILES string of the molecule is C=CCN(CCNC(=O)Cc1ccccc1)C(C)=O. The Labute approximate surface area is 114 Å². The maximum Gasteiger partial charge on any atom is 0.224 e. The smallest absolute Gasteiger partial charge is 0.224 e. The van der Waals surface area contributed by atoms with E-state index in [4.69, 9.17) is 0 Å². The van der Waals surface area contributed by atoms with E-state index in [1.54, 1.807) is 11.0 Å². The molecule has 0 bridgehead atoms. The van der Waals surface area contributed by atoms with E-state index in [1.807, 2.05) is 30.3 Å². The zero-order valence-corrected chi connectivity index (χ0v) is 11.3. The van der Waals surface area contributed by atoms with Crippen molar-refractivity contribution < 1.29 is 9.59 Å². The van der Waals surface area contributed by atoms with Gasteiger partial charge < -0.3 is 10.2 Å². The van der Waals surface area contributed by atoms with Gasteiger partial charge in [0, 0.05) is 26.6 Å². The molecule has 1 aromatic rings. The molecular weight excluding hydrogens is 240 g/mol. The molecule has 0 fully saturated rings. The molecule has 0 aliphatic heterocycles. The summed E-state index contributed by atoms with van der Waals surface area (Å²) in [5, 5.41) is 2.81. The number of nitrogens with zero attached hydrogens (tertiary/aromatic N) is 1. The first-order valence-corrected chi connectivity index (χ1v) is 6.30. The van der Waals surface area contributed by atoms with Gasteiger partial charge in [-0.3, -0.25) is 9.59 Å². The Hall–Kier alpha value is -2.10. The van der Waals surface area contributed by atoms with Crippen molar-refractivity contribution in [2.45, 2.75) is 13.3 Å². The second-order valence-electron chi connectivity index (χ2n) is 4.27. The van der Waals surface area contributed by atoms with E-state index in [0.717, 1.165) is 5.56 Å². The van der Waals surface area contributed by atoms with Crippen molar-refractivity contribution in [1.82, 2.24) is 10.2 Å². The Balaban J connectivity index is 2.30. The summed E-state index contributed by atoms with van der Waals surface area (Å²) in [5.74, 6) is -0.0505. The minimum absolute atomic E-state index is 0.0165. The van der Waals surface area contributed by atoms with Crippen molar-refractivity contribution in [3.05, 3.63) is 48.6 Å². The summed E-state index contributed by atoms with van der Waals surface area (Å²) in [7, 11) is 0. The molecule has 0 radical (unpaired) electrons. The molecule has 19 heavy (non-hydrogen) atoms. The first kappa shape index (κ1) is 15.0. The molecule has 0 unspecified atom stereocenters. The van der Waals surface area contributed by atoms with E-state index in [-0.39, 0.29) is 11.8 Å². The molecule has 1 rings (SSSR count). The van der Waals surface area contributed by atoms with Crippen molar-refractivity contribution >= 4 is 11.8 Å². The third-order valence-electron chi connectivity index (χ3n) is 2.71. The lowest BCUT2D eigenvalue weighted by Gasteiger charge is -2.19. The van der Waals surface area contributed by atoms with Crippen LogP contribution in [0.25, 0.3) is 0 Å². The van der Waals surface area contributed by atoms with Crippen molar-refractivity contribution in [3.63, 3.8) is 0 Å². The quantitative estimate of drug-likeness (QED) is 0.753. The fourth-order valence-corrected chi connectivity index (χ4v) is 1.71. The van der Waals surface area contributed by atoms with Gasteiger partial charge in [-0.2, -0.15) is 0 Å². The molecule has 2 amide bonds. The monoisotopic (exact) mass is 260 g/mol. The first-order valence-electron chi connectivity index (χ1n) is 6.30. The number of hydrogen-bond donors (Lipinski definition) is 1. The number of amides is 2. The molecule has 0 spiro atoms. The van der Waals surface area contributed by atoms with Gasteiger partial charge in [-0.15, -0.1) is 6.58 Å². The third-order valence-corrected chi connectivity index (χ3v) is 2.71. The average Bonchev–Trinajstić information content (AvgIpc) is 2.38.